The minimum atomic E-state index is -0.216. The highest BCUT2D eigenvalue weighted by Crippen LogP contribution is 2.27. The van der Waals surface area contributed by atoms with Crippen LogP contribution in [0.2, 0.25) is 5.02 Å². The molecule has 0 spiro atoms. The molecule has 0 heterocycles. The van der Waals surface area contributed by atoms with E-state index in [1.807, 2.05) is 24.3 Å². The van der Waals surface area contributed by atoms with Crippen molar-refractivity contribution < 1.29 is 4.39 Å². The summed E-state index contributed by atoms with van der Waals surface area (Å²) in [5.41, 5.74) is 2.96. The summed E-state index contributed by atoms with van der Waals surface area (Å²) in [7, 11) is 0. The van der Waals surface area contributed by atoms with Crippen molar-refractivity contribution in [1.29, 1.82) is 0 Å². The van der Waals surface area contributed by atoms with Crippen LogP contribution in [0.5, 0.6) is 0 Å². The number of halogens is 2. The van der Waals surface area contributed by atoms with Crippen LogP contribution in [0.3, 0.4) is 0 Å². The van der Waals surface area contributed by atoms with Crippen molar-refractivity contribution in [3.05, 3.63) is 58.9 Å². The molecular formula is C16H17ClFN. The van der Waals surface area contributed by atoms with Gasteiger partial charge in [-0.25, -0.2) is 4.39 Å². The van der Waals surface area contributed by atoms with Gasteiger partial charge in [-0.3, -0.25) is 0 Å². The number of hydrogen-bond acceptors (Lipinski definition) is 1. The van der Waals surface area contributed by atoms with E-state index in [4.69, 9.17) is 11.6 Å². The van der Waals surface area contributed by atoms with Crippen molar-refractivity contribution >= 4 is 11.6 Å². The van der Waals surface area contributed by atoms with E-state index in [0.717, 1.165) is 16.7 Å². The van der Waals surface area contributed by atoms with Crippen LogP contribution in [0.1, 0.15) is 19.4 Å². The van der Waals surface area contributed by atoms with E-state index >= 15 is 0 Å². The topological polar surface area (TPSA) is 12.0 Å². The van der Waals surface area contributed by atoms with Crippen molar-refractivity contribution in [2.45, 2.75) is 26.4 Å². The van der Waals surface area contributed by atoms with E-state index in [1.54, 1.807) is 12.1 Å². The smallest absolute Gasteiger partial charge is 0.123 e. The zero-order valence-corrected chi connectivity index (χ0v) is 11.8. The Bertz CT molecular complexity index is 566. The van der Waals surface area contributed by atoms with Crippen LogP contribution in [-0.4, -0.2) is 6.04 Å². The molecule has 0 amide bonds. The molecule has 0 aliphatic heterocycles. The van der Waals surface area contributed by atoms with Crippen molar-refractivity contribution in [2.24, 2.45) is 0 Å². The molecule has 0 saturated carbocycles. The highest BCUT2D eigenvalue weighted by molar-refractivity contribution is 6.30. The van der Waals surface area contributed by atoms with Gasteiger partial charge in [-0.05, 0) is 41.0 Å². The predicted molar refractivity (Wildman–Crippen MR) is 78.8 cm³/mol. The standard InChI is InChI=1S/C16H17ClFN/c1-11(2)19-10-13-9-15(18)6-7-16(13)12-4-3-5-14(17)8-12/h3-9,11,19H,10H2,1-2H3. The molecule has 0 fully saturated rings. The van der Waals surface area contributed by atoms with Crippen molar-refractivity contribution in [3.8, 4) is 11.1 Å². The molecule has 2 aromatic carbocycles. The van der Waals surface area contributed by atoms with Gasteiger partial charge in [0.25, 0.3) is 0 Å². The fourth-order valence-electron chi connectivity index (χ4n) is 1.96. The van der Waals surface area contributed by atoms with Gasteiger partial charge in [0.1, 0.15) is 5.82 Å². The zero-order valence-electron chi connectivity index (χ0n) is 11.1. The normalized spacial score (nSPS) is 11.0. The molecular weight excluding hydrogens is 261 g/mol. The second kappa shape index (κ2) is 6.18. The maximum Gasteiger partial charge on any atom is 0.123 e. The Labute approximate surface area is 118 Å². The first-order chi connectivity index (χ1) is 9.06. The lowest BCUT2D eigenvalue weighted by Crippen LogP contribution is -2.22. The summed E-state index contributed by atoms with van der Waals surface area (Å²) < 4.78 is 13.4. The summed E-state index contributed by atoms with van der Waals surface area (Å²) in [4.78, 5) is 0. The van der Waals surface area contributed by atoms with Gasteiger partial charge in [0.15, 0.2) is 0 Å². The lowest BCUT2D eigenvalue weighted by molar-refractivity contribution is 0.582. The second-order valence-electron chi connectivity index (χ2n) is 4.85. The van der Waals surface area contributed by atoms with E-state index in [-0.39, 0.29) is 5.82 Å². The molecule has 0 atom stereocenters. The Hall–Kier alpha value is -1.38. The van der Waals surface area contributed by atoms with Gasteiger partial charge in [0.05, 0.1) is 0 Å². The molecule has 100 valence electrons. The average molecular weight is 278 g/mol. The van der Waals surface area contributed by atoms with Crippen LogP contribution in [0.15, 0.2) is 42.5 Å². The number of benzene rings is 2. The molecule has 2 aromatic rings. The highest BCUT2D eigenvalue weighted by Gasteiger charge is 2.07. The number of nitrogens with one attached hydrogen (secondary N) is 1. The van der Waals surface area contributed by atoms with Gasteiger partial charge in [-0.15, -0.1) is 0 Å². The van der Waals surface area contributed by atoms with Crippen LogP contribution in [-0.2, 0) is 6.54 Å². The summed E-state index contributed by atoms with van der Waals surface area (Å²) in [6.07, 6.45) is 0. The zero-order chi connectivity index (χ0) is 13.8. The summed E-state index contributed by atoms with van der Waals surface area (Å²) >= 11 is 6.02. The van der Waals surface area contributed by atoms with Crippen molar-refractivity contribution in [2.75, 3.05) is 0 Å². The van der Waals surface area contributed by atoms with Gasteiger partial charge in [0.2, 0.25) is 0 Å². The summed E-state index contributed by atoms with van der Waals surface area (Å²) in [6, 6.07) is 12.8. The monoisotopic (exact) mass is 277 g/mol. The van der Waals surface area contributed by atoms with E-state index in [0.29, 0.717) is 17.6 Å². The first-order valence-corrected chi connectivity index (χ1v) is 6.72. The van der Waals surface area contributed by atoms with E-state index < -0.39 is 0 Å². The van der Waals surface area contributed by atoms with Gasteiger partial charge >= 0.3 is 0 Å². The lowest BCUT2D eigenvalue weighted by atomic mass is 9.99. The maximum atomic E-state index is 13.4. The number of hydrogen-bond donors (Lipinski definition) is 1. The molecule has 1 N–H and O–H groups in total. The molecule has 0 aromatic heterocycles. The molecule has 19 heavy (non-hydrogen) atoms. The second-order valence-corrected chi connectivity index (χ2v) is 5.28. The largest absolute Gasteiger partial charge is 0.310 e. The fourth-order valence-corrected chi connectivity index (χ4v) is 2.15. The van der Waals surface area contributed by atoms with E-state index in [9.17, 15) is 4.39 Å². The Morgan fingerprint density at radius 2 is 1.95 bits per heavy atom. The molecule has 3 heteroatoms. The third-order valence-corrected chi connectivity index (χ3v) is 3.14. The maximum absolute atomic E-state index is 13.4. The predicted octanol–water partition coefficient (Wildman–Crippen LogP) is 4.64. The molecule has 0 radical (unpaired) electrons. The summed E-state index contributed by atoms with van der Waals surface area (Å²) in [5.74, 6) is -0.216. The molecule has 0 saturated heterocycles. The Balaban J connectivity index is 2.38. The summed E-state index contributed by atoms with van der Waals surface area (Å²) in [6.45, 7) is 4.77. The minimum Gasteiger partial charge on any atom is -0.310 e. The van der Waals surface area contributed by atoms with Gasteiger partial charge in [-0.1, -0.05) is 43.6 Å². The van der Waals surface area contributed by atoms with Crippen LogP contribution >= 0.6 is 11.6 Å². The Morgan fingerprint density at radius 1 is 1.16 bits per heavy atom. The van der Waals surface area contributed by atoms with Gasteiger partial charge in [0, 0.05) is 17.6 Å². The van der Waals surface area contributed by atoms with E-state index in [1.165, 1.54) is 6.07 Å². The third kappa shape index (κ3) is 3.79. The van der Waals surface area contributed by atoms with Crippen molar-refractivity contribution in [3.63, 3.8) is 0 Å². The SMILES string of the molecule is CC(C)NCc1cc(F)ccc1-c1cccc(Cl)c1. The van der Waals surface area contributed by atoms with Crippen LogP contribution in [0.25, 0.3) is 11.1 Å². The molecule has 1 nitrogen and oxygen atoms in total. The highest BCUT2D eigenvalue weighted by atomic mass is 35.5. The summed E-state index contributed by atoms with van der Waals surface area (Å²) in [5, 5.41) is 4.00. The Morgan fingerprint density at radius 3 is 2.63 bits per heavy atom. The van der Waals surface area contributed by atoms with Crippen LogP contribution < -0.4 is 5.32 Å². The molecule has 2 rings (SSSR count). The average Bonchev–Trinajstić information content (AvgIpc) is 2.36. The lowest BCUT2D eigenvalue weighted by Gasteiger charge is -2.13. The van der Waals surface area contributed by atoms with E-state index in [2.05, 4.69) is 19.2 Å². The van der Waals surface area contributed by atoms with Crippen LogP contribution in [0, 0.1) is 5.82 Å². The minimum absolute atomic E-state index is 0.216. The number of rotatable bonds is 4. The quantitative estimate of drug-likeness (QED) is 0.858. The van der Waals surface area contributed by atoms with Gasteiger partial charge < -0.3 is 5.32 Å². The van der Waals surface area contributed by atoms with Gasteiger partial charge in [-0.2, -0.15) is 0 Å². The molecule has 0 aliphatic rings. The molecule has 0 bridgehead atoms. The molecule has 0 aliphatic carbocycles. The first-order valence-electron chi connectivity index (χ1n) is 6.34. The first kappa shape index (κ1) is 14.0. The molecule has 0 unspecified atom stereocenters. The Kier molecular flexibility index (Phi) is 4.56. The van der Waals surface area contributed by atoms with Crippen molar-refractivity contribution in [1.82, 2.24) is 5.32 Å². The van der Waals surface area contributed by atoms with Crippen LogP contribution in [0.4, 0.5) is 4.39 Å². The third-order valence-electron chi connectivity index (χ3n) is 2.90. The fraction of sp³-hybridized carbons (Fsp3) is 0.250.